The van der Waals surface area contributed by atoms with Crippen molar-refractivity contribution in [3.8, 4) is 0 Å². The molecule has 122 valence electrons. The third-order valence-corrected chi connectivity index (χ3v) is 4.50. The molecule has 22 heavy (non-hydrogen) atoms. The van der Waals surface area contributed by atoms with Crippen LogP contribution in [-0.2, 0) is 9.53 Å². The smallest absolute Gasteiger partial charge is 0.237 e. The molecule has 1 heterocycles. The second-order valence-electron chi connectivity index (χ2n) is 6.31. The molecule has 1 N–H and O–H groups in total. The van der Waals surface area contributed by atoms with Crippen LogP contribution in [0.2, 0.25) is 0 Å². The fourth-order valence-electron chi connectivity index (χ4n) is 2.84. The fourth-order valence-corrected chi connectivity index (χ4v) is 2.84. The van der Waals surface area contributed by atoms with Crippen molar-refractivity contribution in [2.75, 3.05) is 26.7 Å². The number of carbonyl (C=O) groups excluding carboxylic acids is 1. The topological polar surface area (TPSA) is 41.6 Å². The van der Waals surface area contributed by atoms with Gasteiger partial charge in [-0.3, -0.25) is 9.69 Å². The van der Waals surface area contributed by atoms with Gasteiger partial charge in [0.15, 0.2) is 0 Å². The van der Waals surface area contributed by atoms with Gasteiger partial charge in [0.1, 0.15) is 0 Å². The van der Waals surface area contributed by atoms with Gasteiger partial charge in [0.05, 0.1) is 12.1 Å². The van der Waals surface area contributed by atoms with Crippen molar-refractivity contribution in [3.05, 3.63) is 35.9 Å². The van der Waals surface area contributed by atoms with Crippen LogP contribution >= 0.6 is 0 Å². The molecule has 1 aromatic carbocycles. The van der Waals surface area contributed by atoms with Crippen LogP contribution in [0, 0.1) is 0 Å². The van der Waals surface area contributed by atoms with Crippen molar-refractivity contribution >= 4 is 5.91 Å². The molecule has 1 amide bonds. The summed E-state index contributed by atoms with van der Waals surface area (Å²) in [4.78, 5) is 14.4. The summed E-state index contributed by atoms with van der Waals surface area (Å²) in [7, 11) is 2.01. The van der Waals surface area contributed by atoms with E-state index >= 15 is 0 Å². The van der Waals surface area contributed by atoms with Crippen LogP contribution < -0.4 is 5.32 Å². The third kappa shape index (κ3) is 4.82. The van der Waals surface area contributed by atoms with Gasteiger partial charge in [0, 0.05) is 19.7 Å². The summed E-state index contributed by atoms with van der Waals surface area (Å²) in [6.07, 6.45) is 2.35. The minimum absolute atomic E-state index is 0.0817. The molecule has 4 heteroatoms. The molecule has 0 saturated carbocycles. The van der Waals surface area contributed by atoms with Crippen LogP contribution in [0.1, 0.15) is 38.2 Å². The molecule has 0 aliphatic carbocycles. The zero-order chi connectivity index (χ0) is 15.9. The first-order valence-electron chi connectivity index (χ1n) is 8.22. The lowest BCUT2D eigenvalue weighted by Gasteiger charge is -2.27. The van der Waals surface area contributed by atoms with E-state index < -0.39 is 0 Å². The normalized spacial score (nSPS) is 20.8. The molecule has 4 nitrogen and oxygen atoms in total. The highest BCUT2D eigenvalue weighted by atomic mass is 16.5. The van der Waals surface area contributed by atoms with E-state index in [-0.39, 0.29) is 18.1 Å². The summed E-state index contributed by atoms with van der Waals surface area (Å²) in [5, 5.41) is 3.01. The van der Waals surface area contributed by atoms with Crippen LogP contribution in [-0.4, -0.2) is 49.7 Å². The van der Waals surface area contributed by atoms with E-state index in [0.717, 1.165) is 26.0 Å². The van der Waals surface area contributed by atoms with Crippen molar-refractivity contribution in [3.63, 3.8) is 0 Å². The Morgan fingerprint density at radius 2 is 2.09 bits per heavy atom. The van der Waals surface area contributed by atoms with Crippen molar-refractivity contribution in [1.82, 2.24) is 10.2 Å². The molecule has 1 fully saturated rings. The fraction of sp³-hybridized carbons (Fsp3) is 0.611. The van der Waals surface area contributed by atoms with Crippen molar-refractivity contribution < 1.29 is 9.53 Å². The predicted molar refractivity (Wildman–Crippen MR) is 88.9 cm³/mol. The second-order valence-corrected chi connectivity index (χ2v) is 6.31. The molecule has 0 spiro atoms. The molecule has 1 aromatic rings. The Bertz CT molecular complexity index is 457. The first-order chi connectivity index (χ1) is 10.6. The number of amides is 1. The highest BCUT2D eigenvalue weighted by Gasteiger charge is 2.22. The molecule has 3 unspecified atom stereocenters. The standard InChI is InChI=1S/C18H28N2O2/c1-14(16-8-5-4-6-9-16)13-20(3)15(2)18(21)19-12-17-10-7-11-22-17/h4-6,8-9,14-15,17H,7,10-13H2,1-3H3,(H,19,21). The lowest BCUT2D eigenvalue weighted by atomic mass is 10.0. The van der Waals surface area contributed by atoms with Gasteiger partial charge >= 0.3 is 0 Å². The first kappa shape index (κ1) is 17.0. The summed E-state index contributed by atoms with van der Waals surface area (Å²) in [5.74, 6) is 0.484. The molecule has 0 bridgehead atoms. The van der Waals surface area contributed by atoms with E-state index in [4.69, 9.17) is 4.74 Å². The maximum atomic E-state index is 12.3. The number of benzene rings is 1. The number of nitrogens with one attached hydrogen (secondary N) is 1. The Morgan fingerprint density at radius 1 is 1.36 bits per heavy atom. The number of hydrogen-bond donors (Lipinski definition) is 1. The molecular formula is C18H28N2O2. The van der Waals surface area contributed by atoms with Gasteiger partial charge in [-0.05, 0) is 38.3 Å². The zero-order valence-corrected chi connectivity index (χ0v) is 13.9. The number of rotatable bonds is 7. The van der Waals surface area contributed by atoms with E-state index in [1.807, 2.05) is 20.0 Å². The lowest BCUT2D eigenvalue weighted by molar-refractivity contribution is -0.126. The molecule has 1 saturated heterocycles. The van der Waals surface area contributed by atoms with Crippen LogP contribution in [0.25, 0.3) is 0 Å². The highest BCUT2D eigenvalue weighted by Crippen LogP contribution is 2.16. The van der Waals surface area contributed by atoms with Crippen LogP contribution in [0.4, 0.5) is 0 Å². The molecule has 1 aliphatic rings. The SMILES string of the molecule is CC(CN(C)C(C)C(=O)NCC1CCCO1)c1ccccc1. The first-order valence-corrected chi connectivity index (χ1v) is 8.22. The summed E-state index contributed by atoms with van der Waals surface area (Å²) in [6.45, 7) is 6.47. The van der Waals surface area contributed by atoms with Gasteiger partial charge in [0.25, 0.3) is 0 Å². The minimum Gasteiger partial charge on any atom is -0.376 e. The highest BCUT2D eigenvalue weighted by molar-refractivity contribution is 5.81. The number of carbonyl (C=O) groups is 1. The van der Waals surface area contributed by atoms with Crippen LogP contribution in [0.5, 0.6) is 0 Å². The van der Waals surface area contributed by atoms with Crippen molar-refractivity contribution in [2.45, 2.75) is 44.8 Å². The minimum atomic E-state index is -0.132. The molecule has 2 rings (SSSR count). The van der Waals surface area contributed by atoms with Gasteiger partial charge in [-0.15, -0.1) is 0 Å². The Hall–Kier alpha value is -1.39. The summed E-state index contributed by atoms with van der Waals surface area (Å²) in [5.41, 5.74) is 1.31. The van der Waals surface area contributed by atoms with E-state index in [1.54, 1.807) is 0 Å². The van der Waals surface area contributed by atoms with Crippen LogP contribution in [0.15, 0.2) is 30.3 Å². The quantitative estimate of drug-likeness (QED) is 0.841. The van der Waals surface area contributed by atoms with E-state index in [9.17, 15) is 4.79 Å². The Morgan fingerprint density at radius 3 is 2.73 bits per heavy atom. The Balaban J connectivity index is 1.77. The number of hydrogen-bond acceptors (Lipinski definition) is 3. The Kier molecular flexibility index (Phi) is 6.40. The van der Waals surface area contributed by atoms with Crippen LogP contribution in [0.3, 0.4) is 0 Å². The third-order valence-electron chi connectivity index (χ3n) is 4.50. The predicted octanol–water partition coefficient (Wildman–Crippen LogP) is 2.41. The molecule has 0 aromatic heterocycles. The molecular weight excluding hydrogens is 276 g/mol. The van der Waals surface area contributed by atoms with Crippen molar-refractivity contribution in [1.29, 1.82) is 0 Å². The summed E-state index contributed by atoms with van der Waals surface area (Å²) < 4.78 is 5.54. The number of likely N-dealkylation sites (N-methyl/N-ethyl adjacent to an activating group) is 1. The van der Waals surface area contributed by atoms with Gasteiger partial charge in [-0.1, -0.05) is 37.3 Å². The van der Waals surface area contributed by atoms with Crippen molar-refractivity contribution in [2.24, 2.45) is 0 Å². The van der Waals surface area contributed by atoms with E-state index in [1.165, 1.54) is 5.56 Å². The second kappa shape index (κ2) is 8.30. The van der Waals surface area contributed by atoms with Gasteiger partial charge < -0.3 is 10.1 Å². The lowest BCUT2D eigenvalue weighted by Crippen LogP contribution is -2.46. The summed E-state index contributed by atoms with van der Waals surface area (Å²) in [6, 6.07) is 10.3. The zero-order valence-electron chi connectivity index (χ0n) is 13.9. The summed E-state index contributed by atoms with van der Waals surface area (Å²) >= 11 is 0. The number of nitrogens with zero attached hydrogens (tertiary/aromatic N) is 1. The van der Waals surface area contributed by atoms with Gasteiger partial charge in [-0.25, -0.2) is 0 Å². The van der Waals surface area contributed by atoms with E-state index in [0.29, 0.717) is 12.5 Å². The molecule has 0 radical (unpaired) electrons. The van der Waals surface area contributed by atoms with Gasteiger partial charge in [-0.2, -0.15) is 0 Å². The largest absolute Gasteiger partial charge is 0.376 e. The Labute approximate surface area is 133 Å². The molecule has 3 atom stereocenters. The van der Waals surface area contributed by atoms with E-state index in [2.05, 4.69) is 41.4 Å². The monoisotopic (exact) mass is 304 g/mol. The maximum Gasteiger partial charge on any atom is 0.237 e. The average molecular weight is 304 g/mol. The molecule has 1 aliphatic heterocycles. The average Bonchev–Trinajstić information content (AvgIpc) is 3.06. The number of ether oxygens (including phenoxy) is 1. The maximum absolute atomic E-state index is 12.3. The van der Waals surface area contributed by atoms with Gasteiger partial charge in [0.2, 0.25) is 5.91 Å².